The van der Waals surface area contributed by atoms with Crippen molar-refractivity contribution in [3.05, 3.63) is 30.3 Å². The third kappa shape index (κ3) is 3.81. The van der Waals surface area contributed by atoms with Gasteiger partial charge in [0, 0.05) is 19.4 Å². The highest BCUT2D eigenvalue weighted by molar-refractivity contribution is 7.91. The molecule has 1 saturated heterocycles. The smallest absolute Gasteiger partial charge is 0.267 e. The predicted molar refractivity (Wildman–Crippen MR) is 90.4 cm³/mol. The maximum absolute atomic E-state index is 12.3. The van der Waals surface area contributed by atoms with Gasteiger partial charge in [0.05, 0.1) is 17.2 Å². The number of para-hydroxylation sites is 1. The average molecular weight is 349 g/mol. The molecule has 0 saturated carbocycles. The summed E-state index contributed by atoms with van der Waals surface area (Å²) in [5.74, 6) is -0.235. The van der Waals surface area contributed by atoms with Gasteiger partial charge in [0.15, 0.2) is 9.84 Å². The van der Waals surface area contributed by atoms with Crippen LogP contribution < -0.4 is 10.3 Å². The van der Waals surface area contributed by atoms with Crippen LogP contribution in [0.25, 0.3) is 0 Å². The number of nitrogens with one attached hydrogen (secondary N) is 1. The van der Waals surface area contributed by atoms with E-state index in [0.29, 0.717) is 24.4 Å². The highest BCUT2D eigenvalue weighted by Gasteiger charge is 2.29. The van der Waals surface area contributed by atoms with Crippen molar-refractivity contribution in [2.45, 2.75) is 19.3 Å². The van der Waals surface area contributed by atoms with Crippen molar-refractivity contribution in [2.24, 2.45) is 11.0 Å². The first-order chi connectivity index (χ1) is 11.4. The minimum atomic E-state index is -2.95. The zero-order valence-corrected chi connectivity index (χ0v) is 14.0. The highest BCUT2D eigenvalue weighted by Crippen LogP contribution is 2.20. The molecule has 1 fully saturated rings. The van der Waals surface area contributed by atoms with Gasteiger partial charge in [-0.25, -0.2) is 13.4 Å². The van der Waals surface area contributed by atoms with Crippen LogP contribution >= 0.6 is 0 Å². The van der Waals surface area contributed by atoms with Gasteiger partial charge in [0.1, 0.15) is 5.71 Å². The lowest BCUT2D eigenvalue weighted by Crippen LogP contribution is -2.40. The summed E-state index contributed by atoms with van der Waals surface area (Å²) in [6, 6.07) is 8.95. The second-order valence-corrected chi connectivity index (χ2v) is 8.30. The van der Waals surface area contributed by atoms with E-state index in [9.17, 15) is 18.0 Å². The standard InChI is InChI=1S/C16H19N3O4S/c20-15-7-6-14(18-19(15)13-4-2-1-3-5-13)16(21)17-10-12-8-9-24(22,23)11-12/h1-5,12H,6-11H2,(H,17,21)/t12-/m1/s1. The van der Waals surface area contributed by atoms with Gasteiger partial charge in [-0.2, -0.15) is 5.10 Å². The van der Waals surface area contributed by atoms with Crippen LogP contribution in [0.5, 0.6) is 0 Å². The lowest BCUT2D eigenvalue weighted by Gasteiger charge is -2.23. The van der Waals surface area contributed by atoms with Gasteiger partial charge in [0.25, 0.3) is 5.91 Å². The molecule has 1 N–H and O–H groups in total. The largest absolute Gasteiger partial charge is 0.351 e. The first-order valence-corrected chi connectivity index (χ1v) is 9.71. The van der Waals surface area contributed by atoms with Crippen LogP contribution in [0.3, 0.4) is 0 Å². The molecule has 128 valence electrons. The van der Waals surface area contributed by atoms with E-state index in [2.05, 4.69) is 10.4 Å². The van der Waals surface area contributed by atoms with Crippen LogP contribution in [0.15, 0.2) is 35.4 Å². The molecule has 0 spiro atoms. The minimum Gasteiger partial charge on any atom is -0.351 e. The van der Waals surface area contributed by atoms with E-state index in [0.717, 1.165) is 0 Å². The Morgan fingerprint density at radius 2 is 2.00 bits per heavy atom. The van der Waals surface area contributed by atoms with Gasteiger partial charge in [-0.1, -0.05) is 18.2 Å². The van der Waals surface area contributed by atoms with E-state index in [1.165, 1.54) is 5.01 Å². The Balaban J connectivity index is 1.65. The number of sulfone groups is 1. The number of nitrogens with zero attached hydrogens (tertiary/aromatic N) is 2. The summed E-state index contributed by atoms with van der Waals surface area (Å²) in [6.45, 7) is 0.316. The van der Waals surface area contributed by atoms with Crippen LogP contribution in [0.1, 0.15) is 19.3 Å². The normalized spacial score (nSPS) is 23.0. The Kier molecular flexibility index (Phi) is 4.66. The zero-order chi connectivity index (χ0) is 17.2. The molecule has 24 heavy (non-hydrogen) atoms. The molecule has 1 atom stereocenters. The molecule has 2 aliphatic rings. The van der Waals surface area contributed by atoms with Gasteiger partial charge in [-0.05, 0) is 24.5 Å². The summed E-state index contributed by atoms with van der Waals surface area (Å²) >= 11 is 0. The van der Waals surface area contributed by atoms with Crippen LogP contribution in [0.4, 0.5) is 5.69 Å². The lowest BCUT2D eigenvalue weighted by molar-refractivity contribution is -0.119. The number of rotatable bonds is 4. The fraction of sp³-hybridized carbons (Fsp3) is 0.438. The molecule has 2 heterocycles. The monoisotopic (exact) mass is 349 g/mol. The van der Waals surface area contributed by atoms with Crippen LogP contribution in [0.2, 0.25) is 0 Å². The quantitative estimate of drug-likeness (QED) is 0.866. The fourth-order valence-electron chi connectivity index (χ4n) is 2.86. The number of hydrogen-bond acceptors (Lipinski definition) is 5. The lowest BCUT2D eigenvalue weighted by atomic mass is 10.1. The number of carbonyl (C=O) groups excluding carboxylic acids is 2. The third-order valence-electron chi connectivity index (χ3n) is 4.17. The Morgan fingerprint density at radius 3 is 2.67 bits per heavy atom. The fourth-order valence-corrected chi connectivity index (χ4v) is 4.72. The van der Waals surface area contributed by atoms with Crippen molar-refractivity contribution >= 4 is 33.1 Å². The molecule has 7 nitrogen and oxygen atoms in total. The Labute approximate surface area is 140 Å². The van der Waals surface area contributed by atoms with E-state index >= 15 is 0 Å². The van der Waals surface area contributed by atoms with Crippen molar-refractivity contribution < 1.29 is 18.0 Å². The van der Waals surface area contributed by atoms with Crippen LogP contribution in [0, 0.1) is 5.92 Å². The van der Waals surface area contributed by atoms with E-state index in [-0.39, 0.29) is 42.1 Å². The molecule has 1 aromatic carbocycles. The SMILES string of the molecule is O=C(NC[C@H]1CCS(=O)(=O)C1)C1=NN(c2ccccc2)C(=O)CC1. The van der Waals surface area contributed by atoms with Crippen molar-refractivity contribution in [2.75, 3.05) is 23.1 Å². The second-order valence-electron chi connectivity index (χ2n) is 6.07. The molecule has 8 heteroatoms. The molecule has 0 bridgehead atoms. The van der Waals surface area contributed by atoms with E-state index in [1.54, 1.807) is 24.3 Å². The summed E-state index contributed by atoms with van der Waals surface area (Å²) in [4.78, 5) is 24.3. The first kappa shape index (κ1) is 16.6. The summed E-state index contributed by atoms with van der Waals surface area (Å²) in [5, 5.41) is 8.17. The topological polar surface area (TPSA) is 95.9 Å². The number of amides is 2. The molecule has 2 amide bonds. The summed E-state index contributed by atoms with van der Waals surface area (Å²) in [5.41, 5.74) is 0.911. The van der Waals surface area contributed by atoms with Crippen molar-refractivity contribution in [1.29, 1.82) is 0 Å². The van der Waals surface area contributed by atoms with Crippen LogP contribution in [-0.2, 0) is 19.4 Å². The Hall–Kier alpha value is -2.22. The van der Waals surface area contributed by atoms with Gasteiger partial charge >= 0.3 is 0 Å². The molecule has 0 aliphatic carbocycles. The van der Waals surface area contributed by atoms with E-state index < -0.39 is 9.84 Å². The van der Waals surface area contributed by atoms with E-state index in [4.69, 9.17) is 0 Å². The summed E-state index contributed by atoms with van der Waals surface area (Å²) < 4.78 is 22.9. The molecule has 0 unspecified atom stereocenters. The van der Waals surface area contributed by atoms with Gasteiger partial charge in [-0.15, -0.1) is 0 Å². The van der Waals surface area contributed by atoms with Crippen molar-refractivity contribution in [3.63, 3.8) is 0 Å². The first-order valence-electron chi connectivity index (χ1n) is 7.89. The number of hydrazone groups is 1. The Bertz CT molecular complexity index is 774. The number of carbonyl (C=O) groups is 2. The maximum atomic E-state index is 12.3. The Morgan fingerprint density at radius 1 is 1.25 bits per heavy atom. The number of benzene rings is 1. The van der Waals surface area contributed by atoms with Gasteiger partial charge < -0.3 is 5.32 Å². The highest BCUT2D eigenvalue weighted by atomic mass is 32.2. The van der Waals surface area contributed by atoms with Crippen molar-refractivity contribution in [1.82, 2.24) is 5.32 Å². The number of anilines is 1. The average Bonchev–Trinajstić information content (AvgIpc) is 2.93. The summed E-state index contributed by atoms with van der Waals surface area (Å²) in [7, 11) is -2.95. The molecular weight excluding hydrogens is 330 g/mol. The maximum Gasteiger partial charge on any atom is 0.267 e. The second kappa shape index (κ2) is 6.72. The van der Waals surface area contributed by atoms with E-state index in [1.807, 2.05) is 6.07 Å². The third-order valence-corrected chi connectivity index (χ3v) is 6.01. The minimum absolute atomic E-state index is 0.0463. The molecule has 1 aromatic rings. The molecular formula is C16H19N3O4S. The van der Waals surface area contributed by atoms with Gasteiger partial charge in [0.2, 0.25) is 5.91 Å². The molecule has 0 radical (unpaired) electrons. The zero-order valence-electron chi connectivity index (χ0n) is 13.1. The van der Waals surface area contributed by atoms with Crippen LogP contribution in [-0.4, -0.2) is 44.0 Å². The van der Waals surface area contributed by atoms with Crippen molar-refractivity contribution in [3.8, 4) is 0 Å². The summed E-state index contributed by atoms with van der Waals surface area (Å²) in [6.07, 6.45) is 1.08. The van der Waals surface area contributed by atoms with Gasteiger partial charge in [-0.3, -0.25) is 9.59 Å². The molecule has 3 rings (SSSR count). The molecule has 0 aromatic heterocycles. The predicted octanol–water partition coefficient (Wildman–Crippen LogP) is 0.720. The molecule has 2 aliphatic heterocycles. The number of hydrogen-bond donors (Lipinski definition) is 1.